The van der Waals surface area contributed by atoms with Crippen molar-refractivity contribution < 1.29 is 14.3 Å². The van der Waals surface area contributed by atoms with Crippen molar-refractivity contribution in [3.8, 4) is 0 Å². The van der Waals surface area contributed by atoms with E-state index in [1.54, 1.807) is 36.1 Å². The number of ether oxygens (including phenoxy) is 1. The zero-order chi connectivity index (χ0) is 19.8. The minimum Gasteiger partial charge on any atom is -0.462 e. The number of hydrogen-bond donors (Lipinski definition) is 1. The van der Waals surface area contributed by atoms with Gasteiger partial charge in [-0.15, -0.1) is 0 Å². The van der Waals surface area contributed by atoms with Gasteiger partial charge in [-0.25, -0.2) is 4.79 Å². The van der Waals surface area contributed by atoms with Crippen LogP contribution in [0.25, 0.3) is 0 Å². The predicted molar refractivity (Wildman–Crippen MR) is 109 cm³/mol. The Kier molecular flexibility index (Phi) is 4.77. The van der Waals surface area contributed by atoms with Gasteiger partial charge in [-0.2, -0.15) is 5.10 Å². The monoisotopic (exact) mass is 439 g/mol. The Morgan fingerprint density at radius 3 is 2.68 bits per heavy atom. The minimum atomic E-state index is -0.380. The molecule has 28 heavy (non-hydrogen) atoms. The number of nitrogens with zero attached hydrogens (tertiary/aromatic N) is 2. The number of aromatic amines is 1. The average Bonchev–Trinajstić information content (AvgIpc) is 3.20. The third kappa shape index (κ3) is 3.01. The molecule has 7 heteroatoms. The van der Waals surface area contributed by atoms with E-state index in [4.69, 9.17) is 4.74 Å². The van der Waals surface area contributed by atoms with Crippen molar-refractivity contribution in [2.24, 2.45) is 0 Å². The highest BCUT2D eigenvalue weighted by Crippen LogP contribution is 2.42. The van der Waals surface area contributed by atoms with Crippen LogP contribution in [0.15, 0.2) is 53.0 Å². The maximum Gasteiger partial charge on any atom is 0.338 e. The first kappa shape index (κ1) is 18.4. The van der Waals surface area contributed by atoms with Gasteiger partial charge in [0.1, 0.15) is 0 Å². The fourth-order valence-electron chi connectivity index (χ4n) is 3.53. The maximum absolute atomic E-state index is 13.1. The van der Waals surface area contributed by atoms with Crippen molar-refractivity contribution in [2.75, 3.05) is 11.5 Å². The zero-order valence-corrected chi connectivity index (χ0v) is 17.0. The van der Waals surface area contributed by atoms with Crippen LogP contribution in [-0.4, -0.2) is 28.7 Å². The Hall–Kier alpha value is -2.93. The Labute approximate surface area is 170 Å². The molecule has 0 aliphatic carbocycles. The number of carbonyl (C=O) groups is 2. The van der Waals surface area contributed by atoms with Crippen molar-refractivity contribution in [3.05, 3.63) is 81.1 Å². The smallest absolute Gasteiger partial charge is 0.338 e. The molecular formula is C21H18BrN3O3. The zero-order valence-electron chi connectivity index (χ0n) is 15.4. The fraction of sp³-hybridized carbons (Fsp3) is 0.190. The van der Waals surface area contributed by atoms with Gasteiger partial charge in [0.15, 0.2) is 5.69 Å². The summed E-state index contributed by atoms with van der Waals surface area (Å²) < 4.78 is 5.97. The molecule has 142 valence electrons. The molecule has 1 unspecified atom stereocenters. The second kappa shape index (κ2) is 7.24. The number of aryl methyl sites for hydroxylation is 1. The SMILES string of the molecule is CCOC(=O)c1ccc(N2C(=O)c3n[nH]c(C)c3C2c2cccc(Br)c2)cc1. The molecule has 1 N–H and O–H groups in total. The van der Waals surface area contributed by atoms with Gasteiger partial charge in [0.05, 0.1) is 18.2 Å². The standard InChI is InChI=1S/C21H18BrN3O3/c1-3-28-21(27)13-7-9-16(10-8-13)25-19(14-5-4-6-15(22)11-14)17-12(2)23-24-18(17)20(25)26/h4-11,19H,3H2,1-2H3,(H,23,24). The molecule has 0 spiro atoms. The Morgan fingerprint density at radius 2 is 2.00 bits per heavy atom. The van der Waals surface area contributed by atoms with Crippen LogP contribution in [0.1, 0.15) is 50.6 Å². The van der Waals surface area contributed by atoms with Gasteiger partial charge in [-0.3, -0.25) is 14.8 Å². The van der Waals surface area contributed by atoms with E-state index in [0.717, 1.165) is 21.3 Å². The summed E-state index contributed by atoms with van der Waals surface area (Å²) in [6, 6.07) is 14.5. The first-order valence-electron chi connectivity index (χ1n) is 8.92. The van der Waals surface area contributed by atoms with Crippen LogP contribution in [0.5, 0.6) is 0 Å². The lowest BCUT2D eigenvalue weighted by atomic mass is 9.99. The highest BCUT2D eigenvalue weighted by Gasteiger charge is 2.42. The summed E-state index contributed by atoms with van der Waals surface area (Å²) in [4.78, 5) is 26.8. The normalized spacial score (nSPS) is 15.6. The molecule has 3 aromatic rings. The Morgan fingerprint density at radius 1 is 1.25 bits per heavy atom. The molecule has 6 nitrogen and oxygen atoms in total. The molecule has 0 saturated carbocycles. The molecule has 1 aromatic heterocycles. The van der Waals surface area contributed by atoms with Crippen molar-refractivity contribution in [1.29, 1.82) is 0 Å². The molecule has 2 aromatic carbocycles. The van der Waals surface area contributed by atoms with E-state index in [2.05, 4.69) is 26.1 Å². The van der Waals surface area contributed by atoms with Gasteiger partial charge in [0.2, 0.25) is 0 Å². The largest absolute Gasteiger partial charge is 0.462 e. The summed E-state index contributed by atoms with van der Waals surface area (Å²) in [5.41, 5.74) is 4.28. The number of benzene rings is 2. The first-order chi connectivity index (χ1) is 13.5. The number of anilines is 1. The summed E-state index contributed by atoms with van der Waals surface area (Å²) in [5, 5.41) is 7.14. The fourth-order valence-corrected chi connectivity index (χ4v) is 3.94. The van der Waals surface area contributed by atoms with Crippen LogP contribution in [0.3, 0.4) is 0 Å². The van der Waals surface area contributed by atoms with E-state index in [0.29, 0.717) is 23.6 Å². The number of carbonyl (C=O) groups excluding carboxylic acids is 2. The minimum absolute atomic E-state index is 0.173. The Bertz CT molecular complexity index is 1060. The molecule has 0 radical (unpaired) electrons. The third-order valence-electron chi connectivity index (χ3n) is 4.77. The molecule has 0 bridgehead atoms. The molecule has 1 aliphatic heterocycles. The van der Waals surface area contributed by atoms with E-state index in [9.17, 15) is 9.59 Å². The lowest BCUT2D eigenvalue weighted by molar-refractivity contribution is 0.0526. The summed E-state index contributed by atoms with van der Waals surface area (Å²) in [6.45, 7) is 4.00. The quantitative estimate of drug-likeness (QED) is 0.610. The van der Waals surface area contributed by atoms with Gasteiger partial charge in [-0.05, 0) is 55.8 Å². The topological polar surface area (TPSA) is 75.3 Å². The lowest BCUT2D eigenvalue weighted by Gasteiger charge is -2.26. The van der Waals surface area contributed by atoms with Gasteiger partial charge < -0.3 is 4.74 Å². The number of nitrogens with one attached hydrogen (secondary N) is 1. The van der Waals surface area contributed by atoms with Crippen molar-refractivity contribution in [3.63, 3.8) is 0 Å². The van der Waals surface area contributed by atoms with Crippen molar-refractivity contribution >= 4 is 33.5 Å². The van der Waals surface area contributed by atoms with Gasteiger partial charge in [0, 0.05) is 21.4 Å². The molecule has 1 atom stereocenters. The number of fused-ring (bicyclic) bond motifs is 1. The summed E-state index contributed by atoms with van der Waals surface area (Å²) in [5.74, 6) is -0.553. The molecule has 1 amide bonds. The van der Waals surface area contributed by atoms with E-state index in [-0.39, 0.29) is 17.9 Å². The molecule has 1 aliphatic rings. The Balaban J connectivity index is 1.79. The number of H-pyrrole nitrogens is 1. The summed E-state index contributed by atoms with van der Waals surface area (Å²) in [7, 11) is 0. The number of halogens is 1. The van der Waals surface area contributed by atoms with Crippen LogP contribution in [0, 0.1) is 6.92 Å². The van der Waals surface area contributed by atoms with Crippen LogP contribution in [0.4, 0.5) is 5.69 Å². The maximum atomic E-state index is 13.1. The number of esters is 1. The average molecular weight is 440 g/mol. The third-order valence-corrected chi connectivity index (χ3v) is 5.26. The van der Waals surface area contributed by atoms with E-state index >= 15 is 0 Å². The van der Waals surface area contributed by atoms with Gasteiger partial charge in [-0.1, -0.05) is 28.1 Å². The van der Waals surface area contributed by atoms with Gasteiger partial charge in [0.25, 0.3) is 5.91 Å². The number of amides is 1. The highest BCUT2D eigenvalue weighted by atomic mass is 79.9. The molecule has 2 heterocycles. The van der Waals surface area contributed by atoms with E-state index in [1.807, 2.05) is 31.2 Å². The first-order valence-corrected chi connectivity index (χ1v) is 9.71. The lowest BCUT2D eigenvalue weighted by Crippen LogP contribution is -2.29. The molecule has 0 saturated heterocycles. The van der Waals surface area contributed by atoms with E-state index in [1.165, 1.54) is 0 Å². The number of hydrogen-bond acceptors (Lipinski definition) is 4. The van der Waals surface area contributed by atoms with Crippen molar-refractivity contribution in [1.82, 2.24) is 10.2 Å². The number of rotatable bonds is 4. The van der Waals surface area contributed by atoms with Crippen LogP contribution in [-0.2, 0) is 4.74 Å². The highest BCUT2D eigenvalue weighted by molar-refractivity contribution is 9.10. The van der Waals surface area contributed by atoms with Crippen molar-refractivity contribution in [2.45, 2.75) is 19.9 Å². The molecule has 0 fully saturated rings. The second-order valence-electron chi connectivity index (χ2n) is 6.51. The second-order valence-corrected chi connectivity index (χ2v) is 7.43. The summed E-state index contributed by atoms with van der Waals surface area (Å²) in [6.07, 6.45) is 0. The van der Waals surface area contributed by atoms with E-state index < -0.39 is 0 Å². The summed E-state index contributed by atoms with van der Waals surface area (Å²) >= 11 is 3.51. The predicted octanol–water partition coefficient (Wildman–Crippen LogP) is 4.41. The molecule has 4 rings (SSSR count). The van der Waals surface area contributed by atoms with Crippen LogP contribution >= 0.6 is 15.9 Å². The molecular weight excluding hydrogens is 422 g/mol. The number of aromatic nitrogens is 2. The van der Waals surface area contributed by atoms with Gasteiger partial charge >= 0.3 is 5.97 Å². The van der Waals surface area contributed by atoms with Crippen LogP contribution in [0.2, 0.25) is 0 Å². The van der Waals surface area contributed by atoms with Crippen LogP contribution < -0.4 is 4.90 Å².